The van der Waals surface area contributed by atoms with Crippen LogP contribution in [-0.4, -0.2) is 16.1 Å². The minimum absolute atomic E-state index is 0.132. The molecule has 4 aromatic carbocycles. The molecule has 36 heavy (non-hydrogen) atoms. The van der Waals surface area contributed by atoms with Crippen LogP contribution in [-0.2, 0) is 6.54 Å². The number of para-hydroxylation sites is 1. The maximum Gasteiger partial charge on any atom is 0.193 e. The quantitative estimate of drug-likeness (QED) is 0.160. The van der Waals surface area contributed by atoms with E-state index in [1.165, 1.54) is 24.8 Å². The number of aromatic nitrogens is 1. The molecular formula is C33H31NO2. The summed E-state index contributed by atoms with van der Waals surface area (Å²) in [7, 11) is 0. The molecule has 0 spiro atoms. The van der Waals surface area contributed by atoms with Crippen LogP contribution in [0.4, 0.5) is 0 Å². The summed E-state index contributed by atoms with van der Waals surface area (Å²) >= 11 is 0. The Balaban J connectivity index is 1.54. The van der Waals surface area contributed by atoms with Gasteiger partial charge < -0.3 is 4.57 Å². The lowest BCUT2D eigenvalue weighted by atomic mass is 9.92. The highest BCUT2D eigenvalue weighted by Crippen LogP contribution is 2.31. The number of aryl methyl sites for hydroxylation is 2. The zero-order valence-electron chi connectivity index (χ0n) is 21.0. The van der Waals surface area contributed by atoms with E-state index < -0.39 is 0 Å². The molecule has 0 fully saturated rings. The number of ketones is 2. The number of rotatable bonds is 9. The first-order valence-electron chi connectivity index (χ1n) is 12.8. The van der Waals surface area contributed by atoms with Crippen LogP contribution in [0.3, 0.4) is 0 Å². The summed E-state index contributed by atoms with van der Waals surface area (Å²) in [6.45, 7) is 5.18. The zero-order valence-corrected chi connectivity index (χ0v) is 21.0. The smallest absolute Gasteiger partial charge is 0.193 e. The van der Waals surface area contributed by atoms with Crippen molar-refractivity contribution in [3.8, 4) is 0 Å². The van der Waals surface area contributed by atoms with Crippen molar-refractivity contribution in [3.05, 3.63) is 119 Å². The van der Waals surface area contributed by atoms with Gasteiger partial charge in [0.25, 0.3) is 0 Å². The van der Waals surface area contributed by atoms with Crippen molar-refractivity contribution in [3.63, 3.8) is 0 Å². The zero-order chi connectivity index (χ0) is 25.1. The molecule has 5 aromatic rings. The Bertz CT molecular complexity index is 1560. The van der Waals surface area contributed by atoms with Gasteiger partial charge in [-0.1, -0.05) is 98.5 Å². The van der Waals surface area contributed by atoms with Crippen molar-refractivity contribution in [1.82, 2.24) is 4.57 Å². The normalized spacial score (nSPS) is 11.3. The van der Waals surface area contributed by atoms with Crippen LogP contribution in [0.1, 0.15) is 70.0 Å². The van der Waals surface area contributed by atoms with Gasteiger partial charge in [0.15, 0.2) is 11.6 Å². The molecule has 3 nitrogen and oxygen atoms in total. The van der Waals surface area contributed by atoms with E-state index >= 15 is 0 Å². The molecule has 0 N–H and O–H groups in total. The summed E-state index contributed by atoms with van der Waals surface area (Å²) in [4.78, 5) is 27.0. The fourth-order valence-electron chi connectivity index (χ4n) is 5.03. The molecule has 1 heterocycles. The van der Waals surface area contributed by atoms with Crippen LogP contribution in [0, 0.1) is 6.92 Å². The topological polar surface area (TPSA) is 39.1 Å². The van der Waals surface area contributed by atoms with Gasteiger partial charge in [-0.3, -0.25) is 9.59 Å². The molecule has 0 radical (unpaired) electrons. The van der Waals surface area contributed by atoms with Crippen molar-refractivity contribution in [2.75, 3.05) is 0 Å². The SMILES string of the molecule is CCCCCCn1c2ccccc2c2cc(C(=O)c3ccccc3C(=O)c3ccc(C)cc3)ccc21. The van der Waals surface area contributed by atoms with Crippen LogP contribution in [0.15, 0.2) is 91.0 Å². The van der Waals surface area contributed by atoms with Gasteiger partial charge in [-0.05, 0) is 37.6 Å². The second-order valence-corrected chi connectivity index (χ2v) is 9.53. The molecule has 0 aliphatic rings. The van der Waals surface area contributed by atoms with E-state index in [1.807, 2.05) is 61.5 Å². The Labute approximate surface area is 212 Å². The van der Waals surface area contributed by atoms with Crippen LogP contribution in [0.25, 0.3) is 21.8 Å². The first-order valence-corrected chi connectivity index (χ1v) is 12.8. The van der Waals surface area contributed by atoms with Gasteiger partial charge in [0.2, 0.25) is 0 Å². The molecule has 0 atom stereocenters. The number of nitrogens with zero attached hydrogens (tertiary/aromatic N) is 1. The lowest BCUT2D eigenvalue weighted by Crippen LogP contribution is -2.11. The third kappa shape index (κ3) is 4.49. The monoisotopic (exact) mass is 473 g/mol. The standard InChI is InChI=1S/C33H31NO2/c1-3-4-5-10-21-34-30-14-9-8-11-26(30)29-22-25(19-20-31(29)34)33(36)28-13-7-6-12-27(28)32(35)24-17-15-23(2)16-18-24/h6-9,11-20,22H,3-5,10,21H2,1-2H3. The van der Waals surface area contributed by atoms with Gasteiger partial charge in [0.1, 0.15) is 0 Å². The number of unbranched alkanes of at least 4 members (excludes halogenated alkanes) is 3. The maximum atomic E-state index is 13.7. The highest BCUT2D eigenvalue weighted by atomic mass is 16.1. The van der Waals surface area contributed by atoms with Gasteiger partial charge in [0, 0.05) is 50.6 Å². The second kappa shape index (κ2) is 10.3. The molecule has 0 amide bonds. The average Bonchev–Trinajstić information content (AvgIpc) is 3.23. The number of fused-ring (bicyclic) bond motifs is 3. The van der Waals surface area contributed by atoms with Crippen LogP contribution < -0.4 is 0 Å². The minimum atomic E-state index is -0.135. The van der Waals surface area contributed by atoms with Crippen molar-refractivity contribution in [2.24, 2.45) is 0 Å². The summed E-state index contributed by atoms with van der Waals surface area (Å²) in [5.74, 6) is -0.267. The Morgan fingerprint density at radius 3 is 1.97 bits per heavy atom. The lowest BCUT2D eigenvalue weighted by molar-refractivity contribution is 0.100. The lowest BCUT2D eigenvalue weighted by Gasteiger charge is -2.10. The Morgan fingerprint density at radius 2 is 1.25 bits per heavy atom. The van der Waals surface area contributed by atoms with E-state index in [0.29, 0.717) is 22.3 Å². The van der Waals surface area contributed by atoms with Crippen LogP contribution in [0.2, 0.25) is 0 Å². The molecule has 0 aliphatic heterocycles. The highest BCUT2D eigenvalue weighted by Gasteiger charge is 2.20. The second-order valence-electron chi connectivity index (χ2n) is 9.53. The largest absolute Gasteiger partial charge is 0.340 e. The summed E-state index contributed by atoms with van der Waals surface area (Å²) in [5, 5.41) is 2.23. The van der Waals surface area contributed by atoms with Crippen LogP contribution in [0.5, 0.6) is 0 Å². The molecule has 0 saturated carbocycles. The maximum absolute atomic E-state index is 13.7. The molecule has 1 aromatic heterocycles. The van der Waals surface area contributed by atoms with E-state index in [4.69, 9.17) is 0 Å². The molecule has 5 rings (SSSR count). The van der Waals surface area contributed by atoms with Crippen molar-refractivity contribution in [2.45, 2.75) is 46.1 Å². The number of carbonyl (C=O) groups excluding carboxylic acids is 2. The molecule has 0 aliphatic carbocycles. The number of carbonyl (C=O) groups is 2. The Morgan fingerprint density at radius 1 is 0.639 bits per heavy atom. The fourth-order valence-corrected chi connectivity index (χ4v) is 5.03. The van der Waals surface area contributed by atoms with E-state index in [9.17, 15) is 9.59 Å². The van der Waals surface area contributed by atoms with Gasteiger partial charge in [-0.2, -0.15) is 0 Å². The highest BCUT2D eigenvalue weighted by molar-refractivity contribution is 6.21. The Kier molecular flexibility index (Phi) is 6.81. The number of hydrogen-bond acceptors (Lipinski definition) is 2. The molecule has 0 saturated heterocycles. The first-order chi connectivity index (χ1) is 17.6. The predicted molar refractivity (Wildman–Crippen MR) is 148 cm³/mol. The molecular weight excluding hydrogens is 442 g/mol. The average molecular weight is 474 g/mol. The third-order valence-electron chi connectivity index (χ3n) is 7.00. The first kappa shape index (κ1) is 23.7. The predicted octanol–water partition coefficient (Wildman–Crippen LogP) is 8.15. The molecule has 3 heteroatoms. The number of hydrogen-bond donors (Lipinski definition) is 0. The third-order valence-corrected chi connectivity index (χ3v) is 7.00. The number of benzene rings is 4. The van der Waals surface area contributed by atoms with Crippen molar-refractivity contribution >= 4 is 33.4 Å². The summed E-state index contributed by atoms with van der Waals surface area (Å²) in [5.41, 5.74) is 5.49. The van der Waals surface area contributed by atoms with Crippen LogP contribution >= 0.6 is 0 Å². The van der Waals surface area contributed by atoms with E-state index in [2.05, 4.69) is 35.8 Å². The molecule has 180 valence electrons. The van der Waals surface area contributed by atoms with E-state index in [1.54, 1.807) is 12.1 Å². The van der Waals surface area contributed by atoms with E-state index in [0.717, 1.165) is 34.8 Å². The molecule has 0 unspecified atom stereocenters. The van der Waals surface area contributed by atoms with Gasteiger partial charge >= 0.3 is 0 Å². The summed E-state index contributed by atoms with van der Waals surface area (Å²) in [6, 6.07) is 29.0. The van der Waals surface area contributed by atoms with Crippen molar-refractivity contribution < 1.29 is 9.59 Å². The summed E-state index contributed by atoms with van der Waals surface area (Å²) < 4.78 is 2.38. The minimum Gasteiger partial charge on any atom is -0.340 e. The summed E-state index contributed by atoms with van der Waals surface area (Å²) in [6.07, 6.45) is 4.81. The van der Waals surface area contributed by atoms with Crippen molar-refractivity contribution in [1.29, 1.82) is 0 Å². The van der Waals surface area contributed by atoms with Gasteiger partial charge in [-0.25, -0.2) is 0 Å². The van der Waals surface area contributed by atoms with Gasteiger partial charge in [-0.15, -0.1) is 0 Å². The van der Waals surface area contributed by atoms with Gasteiger partial charge in [0.05, 0.1) is 0 Å². The molecule has 0 bridgehead atoms. The fraction of sp³-hybridized carbons (Fsp3) is 0.212. The Hall–Kier alpha value is -3.98. The van der Waals surface area contributed by atoms with E-state index in [-0.39, 0.29) is 11.6 Å².